The Morgan fingerprint density at radius 3 is 2.00 bits per heavy atom. The van der Waals surface area contributed by atoms with Gasteiger partial charge in [0.05, 0.1) is 6.10 Å². The van der Waals surface area contributed by atoms with Crippen molar-refractivity contribution in [2.45, 2.75) is 25.9 Å². The lowest BCUT2D eigenvalue weighted by Gasteiger charge is -2.15. The second-order valence-corrected chi connectivity index (χ2v) is 2.57. The third-order valence-electron chi connectivity index (χ3n) is 1.67. The van der Waals surface area contributed by atoms with Crippen molar-refractivity contribution in [2.24, 2.45) is 5.92 Å². The van der Waals surface area contributed by atoms with E-state index in [0.29, 0.717) is 12.8 Å². The van der Waals surface area contributed by atoms with Crippen LogP contribution in [0.2, 0.25) is 0 Å². The van der Waals surface area contributed by atoms with Gasteiger partial charge in [-0.05, 0) is 18.8 Å². The zero-order chi connectivity index (χ0) is 7.98. The quantitative estimate of drug-likeness (QED) is 0.504. The Bertz CT molecular complexity index is 65.3. The van der Waals surface area contributed by atoms with Gasteiger partial charge < -0.3 is 15.3 Å². The van der Waals surface area contributed by atoms with Gasteiger partial charge in [0.25, 0.3) is 0 Å². The van der Waals surface area contributed by atoms with Crippen LogP contribution in [0.4, 0.5) is 0 Å². The monoisotopic (exact) mass is 148 g/mol. The molecule has 0 aromatic heterocycles. The normalized spacial score (nSPS) is 16.8. The molecule has 0 aromatic carbocycles. The molecule has 62 valence electrons. The SMILES string of the molecule is CC(CCO)C(O)CCO. The van der Waals surface area contributed by atoms with E-state index in [4.69, 9.17) is 10.2 Å². The standard InChI is InChI=1S/C7H16O3/c1-6(2-4-8)7(10)3-5-9/h6-10H,2-5H2,1H3. The van der Waals surface area contributed by atoms with E-state index in [1.54, 1.807) is 0 Å². The molecule has 0 saturated heterocycles. The molecule has 2 unspecified atom stereocenters. The van der Waals surface area contributed by atoms with Crippen molar-refractivity contribution in [1.29, 1.82) is 0 Å². The minimum atomic E-state index is -0.475. The molecule has 0 fully saturated rings. The van der Waals surface area contributed by atoms with E-state index in [1.165, 1.54) is 0 Å². The minimum Gasteiger partial charge on any atom is -0.396 e. The number of hydrogen-bond donors (Lipinski definition) is 3. The van der Waals surface area contributed by atoms with Crippen molar-refractivity contribution in [3.8, 4) is 0 Å². The molecule has 0 spiro atoms. The van der Waals surface area contributed by atoms with Crippen LogP contribution in [-0.2, 0) is 0 Å². The van der Waals surface area contributed by atoms with Crippen LogP contribution in [0.25, 0.3) is 0 Å². The van der Waals surface area contributed by atoms with Gasteiger partial charge in [-0.25, -0.2) is 0 Å². The van der Waals surface area contributed by atoms with Gasteiger partial charge in [0.1, 0.15) is 0 Å². The highest BCUT2D eigenvalue weighted by atomic mass is 16.3. The Labute approximate surface area is 61.3 Å². The van der Waals surface area contributed by atoms with E-state index < -0.39 is 6.10 Å². The summed E-state index contributed by atoms with van der Waals surface area (Å²) in [6.07, 6.45) is 0.527. The zero-order valence-corrected chi connectivity index (χ0v) is 6.32. The lowest BCUT2D eigenvalue weighted by atomic mass is 9.99. The highest BCUT2D eigenvalue weighted by Gasteiger charge is 2.11. The summed E-state index contributed by atoms with van der Waals surface area (Å²) < 4.78 is 0. The molecule has 10 heavy (non-hydrogen) atoms. The molecule has 0 aliphatic carbocycles. The molecule has 3 heteroatoms. The van der Waals surface area contributed by atoms with Crippen molar-refractivity contribution in [1.82, 2.24) is 0 Å². The predicted molar refractivity (Wildman–Crippen MR) is 38.6 cm³/mol. The molecule has 0 aliphatic rings. The largest absolute Gasteiger partial charge is 0.396 e. The molecule has 0 saturated carbocycles. The van der Waals surface area contributed by atoms with E-state index in [1.807, 2.05) is 6.92 Å². The van der Waals surface area contributed by atoms with Crippen LogP contribution in [0, 0.1) is 5.92 Å². The fraction of sp³-hybridized carbons (Fsp3) is 1.00. The van der Waals surface area contributed by atoms with E-state index in [2.05, 4.69) is 0 Å². The van der Waals surface area contributed by atoms with E-state index >= 15 is 0 Å². The fourth-order valence-electron chi connectivity index (χ4n) is 0.813. The molecular weight excluding hydrogens is 132 g/mol. The first-order chi connectivity index (χ1) is 4.72. The van der Waals surface area contributed by atoms with Crippen LogP contribution in [0.15, 0.2) is 0 Å². The first kappa shape index (κ1) is 9.88. The number of aliphatic hydroxyl groups is 3. The number of rotatable bonds is 5. The van der Waals surface area contributed by atoms with Crippen molar-refractivity contribution < 1.29 is 15.3 Å². The number of hydrogen-bond acceptors (Lipinski definition) is 3. The Hall–Kier alpha value is -0.120. The van der Waals surface area contributed by atoms with Gasteiger partial charge in [0.2, 0.25) is 0 Å². The van der Waals surface area contributed by atoms with Crippen LogP contribution >= 0.6 is 0 Å². The zero-order valence-electron chi connectivity index (χ0n) is 6.32. The molecule has 0 bridgehead atoms. The summed E-state index contributed by atoms with van der Waals surface area (Å²) in [4.78, 5) is 0. The number of aliphatic hydroxyl groups excluding tert-OH is 3. The average molecular weight is 148 g/mol. The van der Waals surface area contributed by atoms with Gasteiger partial charge >= 0.3 is 0 Å². The van der Waals surface area contributed by atoms with E-state index in [-0.39, 0.29) is 19.1 Å². The van der Waals surface area contributed by atoms with Gasteiger partial charge in [-0.1, -0.05) is 6.92 Å². The Kier molecular flexibility index (Phi) is 5.58. The third-order valence-corrected chi connectivity index (χ3v) is 1.67. The van der Waals surface area contributed by atoms with Crippen molar-refractivity contribution in [2.75, 3.05) is 13.2 Å². The summed E-state index contributed by atoms with van der Waals surface area (Å²) in [5.74, 6) is 0.0807. The lowest BCUT2D eigenvalue weighted by molar-refractivity contribution is 0.0731. The first-order valence-electron chi connectivity index (χ1n) is 3.62. The van der Waals surface area contributed by atoms with E-state index in [0.717, 1.165) is 0 Å². The summed E-state index contributed by atoms with van der Waals surface area (Å²) in [5, 5.41) is 26.1. The van der Waals surface area contributed by atoms with Crippen LogP contribution in [0.1, 0.15) is 19.8 Å². The first-order valence-corrected chi connectivity index (χ1v) is 3.62. The molecule has 0 aliphatic heterocycles. The smallest absolute Gasteiger partial charge is 0.0588 e. The topological polar surface area (TPSA) is 60.7 Å². The summed E-state index contributed by atoms with van der Waals surface area (Å²) in [6.45, 7) is 1.97. The molecule has 0 amide bonds. The highest BCUT2D eigenvalue weighted by Crippen LogP contribution is 2.09. The maximum atomic E-state index is 9.18. The van der Waals surface area contributed by atoms with Gasteiger partial charge in [-0.3, -0.25) is 0 Å². The molecule has 0 radical (unpaired) electrons. The Balaban J connectivity index is 3.38. The van der Waals surface area contributed by atoms with Crippen LogP contribution in [0.5, 0.6) is 0 Å². The molecule has 2 atom stereocenters. The van der Waals surface area contributed by atoms with Crippen molar-refractivity contribution in [3.63, 3.8) is 0 Å². The third kappa shape index (κ3) is 3.82. The van der Waals surface area contributed by atoms with Gasteiger partial charge in [-0.15, -0.1) is 0 Å². The van der Waals surface area contributed by atoms with Crippen molar-refractivity contribution in [3.05, 3.63) is 0 Å². The summed E-state index contributed by atoms with van der Waals surface area (Å²) in [6, 6.07) is 0. The maximum Gasteiger partial charge on any atom is 0.0588 e. The Morgan fingerprint density at radius 2 is 1.60 bits per heavy atom. The van der Waals surface area contributed by atoms with Gasteiger partial charge in [0, 0.05) is 13.2 Å². The van der Waals surface area contributed by atoms with Crippen molar-refractivity contribution >= 4 is 0 Å². The second kappa shape index (κ2) is 5.65. The minimum absolute atomic E-state index is 0.0108. The maximum absolute atomic E-state index is 9.18. The molecule has 3 N–H and O–H groups in total. The van der Waals surface area contributed by atoms with Gasteiger partial charge in [-0.2, -0.15) is 0 Å². The molecule has 0 heterocycles. The molecular formula is C7H16O3. The molecule has 3 nitrogen and oxygen atoms in total. The second-order valence-electron chi connectivity index (χ2n) is 2.57. The summed E-state index contributed by atoms with van der Waals surface area (Å²) in [5.41, 5.74) is 0. The fourth-order valence-corrected chi connectivity index (χ4v) is 0.813. The van der Waals surface area contributed by atoms with E-state index in [9.17, 15) is 5.11 Å². The Morgan fingerprint density at radius 1 is 1.10 bits per heavy atom. The highest BCUT2D eigenvalue weighted by molar-refractivity contribution is 4.62. The molecule has 0 aromatic rings. The van der Waals surface area contributed by atoms with Crippen LogP contribution < -0.4 is 0 Å². The molecule has 0 rings (SSSR count). The lowest BCUT2D eigenvalue weighted by Crippen LogP contribution is -2.19. The summed E-state index contributed by atoms with van der Waals surface area (Å²) >= 11 is 0. The van der Waals surface area contributed by atoms with Gasteiger partial charge in [0.15, 0.2) is 0 Å². The van der Waals surface area contributed by atoms with Crippen LogP contribution in [0.3, 0.4) is 0 Å². The van der Waals surface area contributed by atoms with Crippen LogP contribution in [-0.4, -0.2) is 34.6 Å². The summed E-state index contributed by atoms with van der Waals surface area (Å²) in [7, 11) is 0. The average Bonchev–Trinajstić information content (AvgIpc) is 1.89. The predicted octanol–water partition coefficient (Wildman–Crippen LogP) is -0.252.